The van der Waals surface area contributed by atoms with Gasteiger partial charge in [0.2, 0.25) is 0 Å². The van der Waals surface area contributed by atoms with Crippen molar-refractivity contribution in [1.29, 1.82) is 0 Å². The molecule has 1 aromatic carbocycles. The molecule has 1 aromatic heterocycles. The van der Waals surface area contributed by atoms with Crippen LogP contribution < -0.4 is 0 Å². The number of hydrogen-bond acceptors (Lipinski definition) is 6. The number of esters is 1. The summed E-state index contributed by atoms with van der Waals surface area (Å²) in [6, 6.07) is 7.50. The van der Waals surface area contributed by atoms with E-state index in [0.717, 1.165) is 11.5 Å². The van der Waals surface area contributed by atoms with Crippen molar-refractivity contribution in [2.24, 2.45) is 0 Å². The third kappa shape index (κ3) is 4.09. The van der Waals surface area contributed by atoms with E-state index in [-0.39, 0.29) is 17.3 Å². The van der Waals surface area contributed by atoms with E-state index >= 15 is 0 Å². The summed E-state index contributed by atoms with van der Waals surface area (Å²) in [6.07, 6.45) is 0. The van der Waals surface area contributed by atoms with Gasteiger partial charge < -0.3 is 4.74 Å². The fourth-order valence-corrected chi connectivity index (χ4v) is 3.09. The molecule has 8 heteroatoms. The van der Waals surface area contributed by atoms with Gasteiger partial charge in [-0.05, 0) is 52.2 Å². The van der Waals surface area contributed by atoms with E-state index in [4.69, 9.17) is 16.3 Å². The van der Waals surface area contributed by atoms with Crippen LogP contribution in [-0.4, -0.2) is 52.1 Å². The van der Waals surface area contributed by atoms with Crippen LogP contribution in [-0.2, 0) is 9.53 Å². The molecule has 0 aliphatic carbocycles. The van der Waals surface area contributed by atoms with E-state index in [9.17, 15) is 4.79 Å². The summed E-state index contributed by atoms with van der Waals surface area (Å²) in [5.74, 6) is 0.495. The molecule has 0 aliphatic rings. The molecule has 0 N–H and O–H groups in total. The Balaban J connectivity index is 2.47. The van der Waals surface area contributed by atoms with Gasteiger partial charge in [0.25, 0.3) is 0 Å². The monoisotopic (exact) mass is 368 g/mol. The fraction of sp³-hybridized carbons (Fsp3) is 0.438. The van der Waals surface area contributed by atoms with Crippen LogP contribution in [0.15, 0.2) is 29.4 Å². The average Bonchev–Trinajstić information content (AvgIpc) is 2.97. The standard InChI is InChI=1S/C16H21ClN4O2S/c1-10(20(3)4)14-18-19-16(24-11(2)15(22)23-5)21(14)13-8-6-12(17)7-9-13/h6-11H,1-5H3/t10-,11+/m0/s1. The Morgan fingerprint density at radius 3 is 2.42 bits per heavy atom. The number of nitrogens with zero attached hydrogens (tertiary/aromatic N) is 4. The van der Waals surface area contributed by atoms with Crippen LogP contribution in [0.2, 0.25) is 5.02 Å². The number of hydrogen-bond donors (Lipinski definition) is 0. The summed E-state index contributed by atoms with van der Waals surface area (Å²) < 4.78 is 6.74. The SMILES string of the molecule is COC(=O)[C@@H](C)Sc1nnc([C@H](C)N(C)C)n1-c1ccc(Cl)cc1. The first kappa shape index (κ1) is 18.8. The molecule has 2 aromatic rings. The second-order valence-electron chi connectivity index (χ2n) is 5.58. The second kappa shape index (κ2) is 8.00. The second-order valence-corrected chi connectivity index (χ2v) is 7.32. The molecule has 6 nitrogen and oxygen atoms in total. The van der Waals surface area contributed by atoms with Gasteiger partial charge in [0.05, 0.1) is 13.2 Å². The third-order valence-electron chi connectivity index (χ3n) is 3.71. The molecule has 0 bridgehead atoms. The first-order valence-electron chi connectivity index (χ1n) is 7.47. The van der Waals surface area contributed by atoms with Gasteiger partial charge in [-0.25, -0.2) is 0 Å². The van der Waals surface area contributed by atoms with E-state index in [1.54, 1.807) is 6.92 Å². The summed E-state index contributed by atoms with van der Waals surface area (Å²) in [4.78, 5) is 13.8. The predicted octanol–water partition coefficient (Wildman–Crippen LogP) is 3.20. The van der Waals surface area contributed by atoms with Crippen molar-refractivity contribution in [3.63, 3.8) is 0 Å². The van der Waals surface area contributed by atoms with E-state index < -0.39 is 0 Å². The highest BCUT2D eigenvalue weighted by Gasteiger charge is 2.24. The van der Waals surface area contributed by atoms with Crippen LogP contribution >= 0.6 is 23.4 Å². The lowest BCUT2D eigenvalue weighted by Crippen LogP contribution is -2.21. The van der Waals surface area contributed by atoms with Gasteiger partial charge in [-0.3, -0.25) is 14.3 Å². The molecule has 0 spiro atoms. The van der Waals surface area contributed by atoms with E-state index in [1.165, 1.54) is 18.9 Å². The molecule has 0 radical (unpaired) electrons. The number of aromatic nitrogens is 3. The van der Waals surface area contributed by atoms with Crippen LogP contribution in [0.4, 0.5) is 0 Å². The van der Waals surface area contributed by atoms with Crippen molar-refractivity contribution >= 4 is 29.3 Å². The van der Waals surface area contributed by atoms with Gasteiger partial charge in [-0.15, -0.1) is 10.2 Å². The minimum atomic E-state index is -0.382. The smallest absolute Gasteiger partial charge is 0.318 e. The van der Waals surface area contributed by atoms with Crippen LogP contribution in [0.5, 0.6) is 0 Å². The molecule has 2 rings (SSSR count). The van der Waals surface area contributed by atoms with Crippen molar-refractivity contribution in [3.05, 3.63) is 35.1 Å². The van der Waals surface area contributed by atoms with Crippen LogP contribution in [0, 0.1) is 0 Å². The number of carbonyl (C=O) groups is 1. The number of rotatable bonds is 6. The number of thioether (sulfide) groups is 1. The summed E-state index contributed by atoms with van der Waals surface area (Å²) in [5, 5.41) is 9.54. The molecular weight excluding hydrogens is 348 g/mol. The lowest BCUT2D eigenvalue weighted by molar-refractivity contribution is -0.139. The molecular formula is C16H21ClN4O2S. The first-order valence-corrected chi connectivity index (χ1v) is 8.73. The molecule has 24 heavy (non-hydrogen) atoms. The average molecular weight is 369 g/mol. The Hall–Kier alpha value is -1.57. The summed E-state index contributed by atoms with van der Waals surface area (Å²) in [6.45, 7) is 3.83. The number of benzene rings is 1. The minimum absolute atomic E-state index is 0.0518. The maximum atomic E-state index is 11.7. The first-order chi connectivity index (χ1) is 11.3. The molecule has 130 valence electrons. The van der Waals surface area contributed by atoms with Gasteiger partial charge in [0.15, 0.2) is 11.0 Å². The van der Waals surface area contributed by atoms with Crippen molar-refractivity contribution in [2.75, 3.05) is 21.2 Å². The number of methoxy groups -OCH3 is 1. The Morgan fingerprint density at radius 1 is 1.25 bits per heavy atom. The molecule has 2 atom stereocenters. The molecule has 0 aliphatic heterocycles. The topological polar surface area (TPSA) is 60.2 Å². The van der Waals surface area contributed by atoms with Crippen molar-refractivity contribution in [3.8, 4) is 5.69 Å². The molecule has 0 saturated heterocycles. The lowest BCUT2D eigenvalue weighted by Gasteiger charge is -2.20. The van der Waals surface area contributed by atoms with Gasteiger partial charge >= 0.3 is 5.97 Å². The lowest BCUT2D eigenvalue weighted by atomic mass is 10.2. The zero-order valence-electron chi connectivity index (χ0n) is 14.4. The van der Waals surface area contributed by atoms with Crippen LogP contribution in [0.25, 0.3) is 5.69 Å². The Labute approximate surface area is 151 Å². The molecule has 0 saturated carbocycles. The minimum Gasteiger partial charge on any atom is -0.468 e. The fourth-order valence-electron chi connectivity index (χ4n) is 2.06. The van der Waals surface area contributed by atoms with Crippen LogP contribution in [0.3, 0.4) is 0 Å². The molecule has 0 amide bonds. The van der Waals surface area contributed by atoms with Gasteiger partial charge in [-0.2, -0.15) is 0 Å². The summed E-state index contributed by atoms with van der Waals surface area (Å²) in [7, 11) is 5.34. The number of ether oxygens (including phenoxy) is 1. The van der Waals surface area contributed by atoms with Gasteiger partial charge in [-0.1, -0.05) is 23.4 Å². The third-order valence-corrected chi connectivity index (χ3v) is 4.98. The molecule has 0 unspecified atom stereocenters. The highest BCUT2D eigenvalue weighted by molar-refractivity contribution is 8.00. The summed E-state index contributed by atoms with van der Waals surface area (Å²) in [5.41, 5.74) is 0.896. The van der Waals surface area contributed by atoms with Crippen molar-refractivity contribution < 1.29 is 9.53 Å². The van der Waals surface area contributed by atoms with Crippen molar-refractivity contribution in [1.82, 2.24) is 19.7 Å². The molecule has 0 fully saturated rings. The highest BCUT2D eigenvalue weighted by atomic mass is 35.5. The predicted molar refractivity (Wildman–Crippen MR) is 95.8 cm³/mol. The Bertz CT molecular complexity index is 703. The normalized spacial score (nSPS) is 13.8. The maximum absolute atomic E-state index is 11.7. The number of carbonyl (C=O) groups excluding carboxylic acids is 1. The molecule has 1 heterocycles. The summed E-state index contributed by atoms with van der Waals surface area (Å²) >= 11 is 7.31. The van der Waals surface area contributed by atoms with E-state index in [1.807, 2.05) is 42.9 Å². The largest absolute Gasteiger partial charge is 0.468 e. The Kier molecular flexibility index (Phi) is 6.26. The van der Waals surface area contributed by atoms with Gasteiger partial charge in [0.1, 0.15) is 5.25 Å². The zero-order valence-corrected chi connectivity index (χ0v) is 15.9. The Morgan fingerprint density at radius 2 is 1.88 bits per heavy atom. The van der Waals surface area contributed by atoms with Crippen molar-refractivity contribution in [2.45, 2.75) is 30.3 Å². The van der Waals surface area contributed by atoms with E-state index in [0.29, 0.717) is 10.2 Å². The van der Waals surface area contributed by atoms with Crippen LogP contribution in [0.1, 0.15) is 25.7 Å². The van der Waals surface area contributed by atoms with Gasteiger partial charge in [0, 0.05) is 10.7 Å². The maximum Gasteiger partial charge on any atom is 0.318 e. The highest BCUT2D eigenvalue weighted by Crippen LogP contribution is 2.29. The zero-order chi connectivity index (χ0) is 17.9. The van der Waals surface area contributed by atoms with E-state index in [2.05, 4.69) is 22.0 Å². The number of halogens is 1. The quantitative estimate of drug-likeness (QED) is 0.576.